The van der Waals surface area contributed by atoms with Gasteiger partial charge in [-0.1, -0.05) is 29.8 Å². The lowest BCUT2D eigenvalue weighted by Gasteiger charge is -2.20. The summed E-state index contributed by atoms with van der Waals surface area (Å²) in [6, 6.07) is 13.1. The number of hydrogen-bond acceptors (Lipinski definition) is 4. The zero-order valence-electron chi connectivity index (χ0n) is 14.5. The summed E-state index contributed by atoms with van der Waals surface area (Å²) in [4.78, 5) is 12.4. The van der Waals surface area contributed by atoms with Crippen LogP contribution in [0.25, 0.3) is 5.69 Å². The van der Waals surface area contributed by atoms with E-state index in [1.807, 2.05) is 41.2 Å². The van der Waals surface area contributed by atoms with Gasteiger partial charge in [0, 0.05) is 18.3 Å². The van der Waals surface area contributed by atoms with Gasteiger partial charge in [0.25, 0.3) is 5.91 Å². The lowest BCUT2D eigenvalue weighted by molar-refractivity contribution is 0.0953. The zero-order valence-corrected chi connectivity index (χ0v) is 15.3. The van der Waals surface area contributed by atoms with Crippen LogP contribution in [-0.4, -0.2) is 35.4 Å². The molecule has 1 aliphatic rings. The predicted octanol–water partition coefficient (Wildman–Crippen LogP) is 3.27. The Hall–Kier alpha value is -2.99. The van der Waals surface area contributed by atoms with Gasteiger partial charge in [-0.15, -0.1) is 0 Å². The second-order valence-corrected chi connectivity index (χ2v) is 6.52. The molecule has 1 aliphatic heterocycles. The van der Waals surface area contributed by atoms with Crippen LogP contribution in [0.5, 0.6) is 11.5 Å². The van der Waals surface area contributed by atoms with Gasteiger partial charge in [-0.2, -0.15) is 5.10 Å². The maximum Gasteiger partial charge on any atom is 0.251 e. The van der Waals surface area contributed by atoms with E-state index < -0.39 is 0 Å². The minimum absolute atomic E-state index is 0.204. The van der Waals surface area contributed by atoms with Crippen molar-refractivity contribution in [3.63, 3.8) is 0 Å². The average molecular weight is 384 g/mol. The van der Waals surface area contributed by atoms with Gasteiger partial charge in [-0.05, 0) is 36.2 Å². The molecule has 7 heteroatoms. The molecule has 2 heterocycles. The predicted molar refractivity (Wildman–Crippen MR) is 102 cm³/mol. The second-order valence-electron chi connectivity index (χ2n) is 6.12. The fraction of sp³-hybridized carbons (Fsp3) is 0.200. The van der Waals surface area contributed by atoms with E-state index in [0.29, 0.717) is 48.3 Å². The molecule has 0 saturated carbocycles. The largest absolute Gasteiger partial charge is 0.486 e. The summed E-state index contributed by atoms with van der Waals surface area (Å²) in [5, 5.41) is 7.63. The molecule has 0 bridgehead atoms. The van der Waals surface area contributed by atoms with Crippen LogP contribution >= 0.6 is 11.6 Å². The summed E-state index contributed by atoms with van der Waals surface area (Å²) < 4.78 is 12.8. The summed E-state index contributed by atoms with van der Waals surface area (Å²) in [5.74, 6) is 0.792. The molecule has 1 aromatic heterocycles. The van der Waals surface area contributed by atoms with Crippen LogP contribution in [0.4, 0.5) is 0 Å². The van der Waals surface area contributed by atoms with E-state index >= 15 is 0 Å². The molecule has 0 atom stereocenters. The summed E-state index contributed by atoms with van der Waals surface area (Å²) in [6.45, 7) is 1.39. The van der Waals surface area contributed by atoms with Crippen molar-refractivity contribution in [3.05, 3.63) is 71.0 Å². The number of carbonyl (C=O) groups excluding carboxylic acids is 1. The molecular formula is C20H18ClN3O3. The first kappa shape index (κ1) is 17.4. The van der Waals surface area contributed by atoms with Crippen LogP contribution in [0.2, 0.25) is 5.02 Å². The molecule has 0 aliphatic carbocycles. The number of nitrogens with one attached hydrogen (secondary N) is 1. The Labute approximate surface area is 161 Å². The standard InChI is InChI=1S/C20H18ClN3O3/c21-17-10-15(11-18-19(17)27-9-8-26-18)20(25)22-7-6-14-12-23-24(13-14)16-4-2-1-3-5-16/h1-5,10-13H,6-9H2,(H,22,25). The van der Waals surface area contributed by atoms with E-state index in [4.69, 9.17) is 21.1 Å². The maximum absolute atomic E-state index is 12.4. The van der Waals surface area contributed by atoms with E-state index in [9.17, 15) is 4.79 Å². The number of hydrogen-bond donors (Lipinski definition) is 1. The van der Waals surface area contributed by atoms with Crippen LogP contribution in [-0.2, 0) is 6.42 Å². The number of carbonyl (C=O) groups is 1. The highest BCUT2D eigenvalue weighted by molar-refractivity contribution is 6.32. The van der Waals surface area contributed by atoms with E-state index in [0.717, 1.165) is 11.3 Å². The highest BCUT2D eigenvalue weighted by atomic mass is 35.5. The van der Waals surface area contributed by atoms with E-state index in [1.165, 1.54) is 0 Å². The lowest BCUT2D eigenvalue weighted by atomic mass is 10.1. The third-order valence-electron chi connectivity index (χ3n) is 4.22. The molecule has 6 nitrogen and oxygen atoms in total. The van der Waals surface area contributed by atoms with Crippen LogP contribution in [0.15, 0.2) is 54.9 Å². The van der Waals surface area contributed by atoms with E-state index in [-0.39, 0.29) is 5.91 Å². The Morgan fingerprint density at radius 1 is 1.19 bits per heavy atom. The monoisotopic (exact) mass is 383 g/mol. The van der Waals surface area contributed by atoms with Crippen LogP contribution < -0.4 is 14.8 Å². The fourth-order valence-electron chi connectivity index (χ4n) is 2.88. The first-order valence-corrected chi connectivity index (χ1v) is 9.05. The molecule has 0 radical (unpaired) electrons. The normalized spacial score (nSPS) is 12.6. The number of halogens is 1. The molecule has 1 amide bonds. The fourth-order valence-corrected chi connectivity index (χ4v) is 3.14. The number of ether oxygens (including phenoxy) is 2. The number of amides is 1. The summed E-state index contributed by atoms with van der Waals surface area (Å²) in [6.07, 6.45) is 4.44. The van der Waals surface area contributed by atoms with Gasteiger partial charge < -0.3 is 14.8 Å². The summed E-state index contributed by atoms with van der Waals surface area (Å²) in [5.41, 5.74) is 2.49. The first-order valence-electron chi connectivity index (χ1n) is 8.67. The number of rotatable bonds is 5. The summed E-state index contributed by atoms with van der Waals surface area (Å²) >= 11 is 6.19. The van der Waals surface area contributed by atoms with Crippen molar-refractivity contribution in [1.29, 1.82) is 0 Å². The second kappa shape index (κ2) is 7.72. The van der Waals surface area contributed by atoms with Crippen molar-refractivity contribution >= 4 is 17.5 Å². The van der Waals surface area contributed by atoms with Gasteiger partial charge in [0.1, 0.15) is 13.2 Å². The van der Waals surface area contributed by atoms with Gasteiger partial charge in [0.05, 0.1) is 16.9 Å². The Kier molecular flexibility index (Phi) is 4.98. The summed E-state index contributed by atoms with van der Waals surface area (Å²) in [7, 11) is 0. The number of aromatic nitrogens is 2. The molecule has 27 heavy (non-hydrogen) atoms. The van der Waals surface area contributed by atoms with Crippen molar-refractivity contribution in [3.8, 4) is 17.2 Å². The van der Waals surface area contributed by atoms with Crippen molar-refractivity contribution in [2.24, 2.45) is 0 Å². The van der Waals surface area contributed by atoms with Crippen molar-refractivity contribution in [2.75, 3.05) is 19.8 Å². The highest BCUT2D eigenvalue weighted by Gasteiger charge is 2.19. The zero-order chi connectivity index (χ0) is 18.6. The van der Waals surface area contributed by atoms with Gasteiger partial charge in [-0.25, -0.2) is 4.68 Å². The van der Waals surface area contributed by atoms with Crippen molar-refractivity contribution < 1.29 is 14.3 Å². The molecule has 4 rings (SSSR count). The van der Waals surface area contributed by atoms with Gasteiger partial charge >= 0.3 is 0 Å². The van der Waals surface area contributed by atoms with Crippen molar-refractivity contribution in [1.82, 2.24) is 15.1 Å². The van der Waals surface area contributed by atoms with Crippen LogP contribution in [0.3, 0.4) is 0 Å². The number of benzene rings is 2. The molecule has 138 valence electrons. The van der Waals surface area contributed by atoms with Gasteiger partial charge in [0.2, 0.25) is 0 Å². The molecule has 0 spiro atoms. The van der Waals surface area contributed by atoms with Crippen LogP contribution in [0, 0.1) is 0 Å². The Morgan fingerprint density at radius 2 is 2.00 bits per heavy atom. The van der Waals surface area contributed by atoms with Crippen LogP contribution in [0.1, 0.15) is 15.9 Å². The molecule has 2 aromatic carbocycles. The Balaban J connectivity index is 1.36. The number of nitrogens with zero attached hydrogens (tertiary/aromatic N) is 2. The quantitative estimate of drug-likeness (QED) is 0.734. The van der Waals surface area contributed by atoms with Crippen molar-refractivity contribution in [2.45, 2.75) is 6.42 Å². The smallest absolute Gasteiger partial charge is 0.251 e. The van der Waals surface area contributed by atoms with Gasteiger partial charge in [0.15, 0.2) is 11.5 Å². The third kappa shape index (κ3) is 3.90. The number of para-hydroxylation sites is 1. The molecule has 0 unspecified atom stereocenters. The Bertz CT molecular complexity index is 956. The van der Waals surface area contributed by atoms with E-state index in [2.05, 4.69) is 10.4 Å². The molecule has 0 saturated heterocycles. The minimum atomic E-state index is -0.204. The van der Waals surface area contributed by atoms with E-state index in [1.54, 1.807) is 18.3 Å². The number of fused-ring (bicyclic) bond motifs is 1. The topological polar surface area (TPSA) is 65.4 Å². The molecule has 3 aromatic rings. The maximum atomic E-state index is 12.4. The van der Waals surface area contributed by atoms with Gasteiger partial charge in [-0.3, -0.25) is 4.79 Å². The minimum Gasteiger partial charge on any atom is -0.486 e. The molecule has 1 N–H and O–H groups in total. The third-order valence-corrected chi connectivity index (χ3v) is 4.50. The first-order chi connectivity index (χ1) is 13.2. The highest BCUT2D eigenvalue weighted by Crippen LogP contribution is 2.38. The lowest BCUT2D eigenvalue weighted by Crippen LogP contribution is -2.26. The molecular weight excluding hydrogens is 366 g/mol. The molecule has 0 fully saturated rings. The Morgan fingerprint density at radius 3 is 2.85 bits per heavy atom. The average Bonchev–Trinajstić information content (AvgIpc) is 3.17. The SMILES string of the molecule is O=C(NCCc1cnn(-c2ccccc2)c1)c1cc(Cl)c2c(c1)OCCO2.